The van der Waals surface area contributed by atoms with Gasteiger partial charge in [-0.3, -0.25) is 9.59 Å². The summed E-state index contributed by atoms with van der Waals surface area (Å²) in [5.74, 6) is 0.300. The number of amides is 2. The second kappa shape index (κ2) is 9.94. The highest BCUT2D eigenvalue weighted by Crippen LogP contribution is 2.24. The zero-order chi connectivity index (χ0) is 20.5. The maximum atomic E-state index is 12.3. The number of benzene rings is 3. The Morgan fingerprint density at radius 1 is 0.793 bits per heavy atom. The minimum atomic E-state index is -0.188. The van der Waals surface area contributed by atoms with Gasteiger partial charge in [-0.25, -0.2) is 0 Å². The van der Waals surface area contributed by atoms with Crippen LogP contribution in [0.1, 0.15) is 12.5 Å². The Bertz CT molecular complexity index is 957. The first kappa shape index (κ1) is 19.9. The quantitative estimate of drug-likeness (QED) is 0.537. The zero-order valence-electron chi connectivity index (χ0n) is 16.1. The molecule has 148 valence electrons. The van der Waals surface area contributed by atoms with Crippen LogP contribution in [0, 0.1) is 0 Å². The van der Waals surface area contributed by atoms with E-state index in [2.05, 4.69) is 16.0 Å². The number of hydrogen-bond acceptors (Lipinski definition) is 4. The van der Waals surface area contributed by atoms with Gasteiger partial charge in [0.1, 0.15) is 12.4 Å². The maximum absolute atomic E-state index is 12.3. The van der Waals surface area contributed by atoms with E-state index in [9.17, 15) is 9.59 Å². The van der Waals surface area contributed by atoms with Gasteiger partial charge >= 0.3 is 0 Å². The van der Waals surface area contributed by atoms with Gasteiger partial charge in [0.05, 0.1) is 12.2 Å². The molecule has 3 rings (SSSR count). The Hall–Kier alpha value is -3.80. The number of carbonyl (C=O) groups is 2. The average Bonchev–Trinajstić information content (AvgIpc) is 2.73. The van der Waals surface area contributed by atoms with E-state index in [1.54, 1.807) is 30.3 Å². The summed E-state index contributed by atoms with van der Waals surface area (Å²) in [6.45, 7) is 1.98. The Labute approximate surface area is 169 Å². The van der Waals surface area contributed by atoms with Crippen LogP contribution < -0.4 is 20.7 Å². The summed E-state index contributed by atoms with van der Waals surface area (Å²) in [6, 6.07) is 24.3. The topological polar surface area (TPSA) is 79.5 Å². The number of para-hydroxylation sites is 2. The SMILES string of the molecule is CC(=O)Nc1ccc(NCC(=O)Nc2ccccc2OCc2ccccc2)cc1. The smallest absolute Gasteiger partial charge is 0.243 e. The van der Waals surface area contributed by atoms with Crippen LogP contribution in [0.3, 0.4) is 0 Å². The first-order chi connectivity index (χ1) is 14.1. The highest BCUT2D eigenvalue weighted by Gasteiger charge is 2.08. The molecule has 0 saturated carbocycles. The van der Waals surface area contributed by atoms with E-state index in [1.807, 2.05) is 48.5 Å². The Kier molecular flexibility index (Phi) is 6.84. The van der Waals surface area contributed by atoms with Crippen molar-refractivity contribution in [3.05, 3.63) is 84.4 Å². The number of ether oxygens (including phenoxy) is 1. The van der Waals surface area contributed by atoms with Crippen LogP contribution in [0.25, 0.3) is 0 Å². The Morgan fingerprint density at radius 3 is 2.17 bits per heavy atom. The number of carbonyl (C=O) groups excluding carboxylic acids is 2. The van der Waals surface area contributed by atoms with E-state index in [4.69, 9.17) is 4.74 Å². The lowest BCUT2D eigenvalue weighted by Crippen LogP contribution is -2.22. The van der Waals surface area contributed by atoms with E-state index >= 15 is 0 Å². The summed E-state index contributed by atoms with van der Waals surface area (Å²) in [5.41, 5.74) is 3.16. The molecule has 0 aromatic heterocycles. The first-order valence-electron chi connectivity index (χ1n) is 9.27. The van der Waals surface area contributed by atoms with E-state index in [0.29, 0.717) is 23.7 Å². The molecule has 0 heterocycles. The van der Waals surface area contributed by atoms with Gasteiger partial charge in [-0.15, -0.1) is 0 Å². The van der Waals surface area contributed by atoms with Gasteiger partial charge in [0.25, 0.3) is 0 Å². The van der Waals surface area contributed by atoms with Crippen molar-refractivity contribution in [2.24, 2.45) is 0 Å². The van der Waals surface area contributed by atoms with Crippen LogP contribution in [0.2, 0.25) is 0 Å². The van der Waals surface area contributed by atoms with Crippen LogP contribution in [-0.2, 0) is 16.2 Å². The highest BCUT2D eigenvalue weighted by atomic mass is 16.5. The fraction of sp³-hybridized carbons (Fsp3) is 0.130. The van der Waals surface area contributed by atoms with Crippen molar-refractivity contribution in [2.75, 3.05) is 22.5 Å². The van der Waals surface area contributed by atoms with Crippen LogP contribution >= 0.6 is 0 Å². The molecule has 6 heteroatoms. The van der Waals surface area contributed by atoms with E-state index < -0.39 is 0 Å². The van der Waals surface area contributed by atoms with Crippen LogP contribution in [0.5, 0.6) is 5.75 Å². The number of rotatable bonds is 8. The lowest BCUT2D eigenvalue weighted by atomic mass is 10.2. The fourth-order valence-electron chi connectivity index (χ4n) is 2.68. The predicted molar refractivity (Wildman–Crippen MR) is 115 cm³/mol. The molecular formula is C23H23N3O3. The first-order valence-corrected chi connectivity index (χ1v) is 9.27. The van der Waals surface area contributed by atoms with E-state index in [-0.39, 0.29) is 18.4 Å². The third-order valence-electron chi connectivity index (χ3n) is 4.06. The summed E-state index contributed by atoms with van der Waals surface area (Å²) < 4.78 is 5.86. The van der Waals surface area contributed by atoms with Gasteiger partial charge in [0.15, 0.2) is 0 Å². The molecule has 0 radical (unpaired) electrons. The van der Waals surface area contributed by atoms with Crippen molar-refractivity contribution in [3.63, 3.8) is 0 Å². The predicted octanol–water partition coefficient (Wildman–Crippen LogP) is 4.27. The summed E-state index contributed by atoms with van der Waals surface area (Å²) in [4.78, 5) is 23.4. The summed E-state index contributed by atoms with van der Waals surface area (Å²) in [7, 11) is 0. The van der Waals surface area contributed by atoms with Crippen molar-refractivity contribution in [1.29, 1.82) is 0 Å². The fourth-order valence-corrected chi connectivity index (χ4v) is 2.68. The molecule has 2 amide bonds. The van der Waals surface area contributed by atoms with E-state index in [0.717, 1.165) is 11.3 Å². The Morgan fingerprint density at radius 2 is 1.45 bits per heavy atom. The molecule has 29 heavy (non-hydrogen) atoms. The molecule has 3 aromatic rings. The zero-order valence-corrected chi connectivity index (χ0v) is 16.1. The van der Waals surface area contributed by atoms with Crippen molar-refractivity contribution < 1.29 is 14.3 Å². The standard InChI is InChI=1S/C23H23N3O3/c1-17(27)25-20-13-11-19(12-14-20)24-15-23(28)26-21-9-5-6-10-22(21)29-16-18-7-3-2-4-8-18/h2-14,24H,15-16H2,1H3,(H,25,27)(H,26,28). The van der Waals surface area contributed by atoms with Gasteiger partial charge in [-0.05, 0) is 42.0 Å². The van der Waals surface area contributed by atoms with Gasteiger partial charge in [0, 0.05) is 18.3 Å². The normalized spacial score (nSPS) is 10.1. The molecular weight excluding hydrogens is 366 g/mol. The average molecular weight is 389 g/mol. The molecule has 6 nitrogen and oxygen atoms in total. The number of anilines is 3. The molecule has 0 aliphatic heterocycles. The van der Waals surface area contributed by atoms with Crippen molar-refractivity contribution in [3.8, 4) is 5.75 Å². The maximum Gasteiger partial charge on any atom is 0.243 e. The minimum absolute atomic E-state index is 0.104. The van der Waals surface area contributed by atoms with Crippen LogP contribution in [-0.4, -0.2) is 18.4 Å². The molecule has 0 aliphatic carbocycles. The van der Waals surface area contributed by atoms with Crippen LogP contribution in [0.15, 0.2) is 78.9 Å². The van der Waals surface area contributed by atoms with Gasteiger partial charge in [0.2, 0.25) is 11.8 Å². The van der Waals surface area contributed by atoms with Gasteiger partial charge in [-0.1, -0.05) is 42.5 Å². The van der Waals surface area contributed by atoms with E-state index in [1.165, 1.54) is 6.92 Å². The lowest BCUT2D eigenvalue weighted by molar-refractivity contribution is -0.115. The van der Waals surface area contributed by atoms with Crippen molar-refractivity contribution in [1.82, 2.24) is 0 Å². The molecule has 0 atom stereocenters. The molecule has 0 unspecified atom stereocenters. The summed E-state index contributed by atoms with van der Waals surface area (Å²) in [6.07, 6.45) is 0. The highest BCUT2D eigenvalue weighted by molar-refractivity contribution is 5.95. The second-order valence-corrected chi connectivity index (χ2v) is 6.43. The monoisotopic (exact) mass is 389 g/mol. The lowest BCUT2D eigenvalue weighted by Gasteiger charge is -2.13. The Balaban J connectivity index is 1.53. The third-order valence-corrected chi connectivity index (χ3v) is 4.06. The molecule has 0 aliphatic rings. The molecule has 3 N–H and O–H groups in total. The molecule has 3 aromatic carbocycles. The third kappa shape index (κ3) is 6.39. The molecule has 0 bridgehead atoms. The molecule has 0 saturated heterocycles. The summed E-state index contributed by atoms with van der Waals surface area (Å²) >= 11 is 0. The number of hydrogen-bond donors (Lipinski definition) is 3. The van der Waals surface area contributed by atoms with Gasteiger partial charge < -0.3 is 20.7 Å². The van der Waals surface area contributed by atoms with Gasteiger partial charge in [-0.2, -0.15) is 0 Å². The number of nitrogens with one attached hydrogen (secondary N) is 3. The second-order valence-electron chi connectivity index (χ2n) is 6.43. The van der Waals surface area contributed by atoms with Crippen molar-refractivity contribution >= 4 is 28.9 Å². The summed E-state index contributed by atoms with van der Waals surface area (Å²) in [5, 5.41) is 8.63. The van der Waals surface area contributed by atoms with Crippen LogP contribution in [0.4, 0.5) is 17.1 Å². The minimum Gasteiger partial charge on any atom is -0.487 e. The molecule has 0 spiro atoms. The van der Waals surface area contributed by atoms with Crippen molar-refractivity contribution in [2.45, 2.75) is 13.5 Å². The largest absolute Gasteiger partial charge is 0.487 e. The molecule has 0 fully saturated rings.